The number of urea groups is 1. The van der Waals surface area contributed by atoms with Crippen molar-refractivity contribution in [3.8, 4) is 0 Å². The molecule has 10 heteroatoms. The predicted octanol–water partition coefficient (Wildman–Crippen LogP) is 2.14. The maximum Gasteiger partial charge on any atom is 0.325 e. The Bertz CT molecular complexity index is 1090. The highest BCUT2D eigenvalue weighted by molar-refractivity contribution is 6.09. The van der Waals surface area contributed by atoms with Crippen LogP contribution in [0.4, 0.5) is 19.3 Å². The van der Waals surface area contributed by atoms with Gasteiger partial charge in [0.25, 0.3) is 5.91 Å². The Morgan fingerprint density at radius 1 is 1.12 bits per heavy atom. The summed E-state index contributed by atoms with van der Waals surface area (Å²) in [7, 11) is 1.35. The van der Waals surface area contributed by atoms with E-state index in [1.54, 1.807) is 12.1 Å². The van der Waals surface area contributed by atoms with Crippen LogP contribution in [-0.4, -0.2) is 53.7 Å². The minimum Gasteiger partial charge on any atom is -0.335 e. The summed E-state index contributed by atoms with van der Waals surface area (Å²) in [4.78, 5) is 51.6. The van der Waals surface area contributed by atoms with Gasteiger partial charge >= 0.3 is 6.03 Å². The van der Waals surface area contributed by atoms with Gasteiger partial charge in [0.1, 0.15) is 23.7 Å². The summed E-state index contributed by atoms with van der Waals surface area (Å²) in [6, 6.07) is 8.71. The van der Waals surface area contributed by atoms with Gasteiger partial charge in [-0.2, -0.15) is 0 Å². The first kappa shape index (κ1) is 22.9. The van der Waals surface area contributed by atoms with Gasteiger partial charge in [-0.05, 0) is 44.2 Å². The van der Waals surface area contributed by atoms with Crippen LogP contribution in [0.3, 0.4) is 0 Å². The van der Waals surface area contributed by atoms with Crippen LogP contribution >= 0.6 is 0 Å². The van der Waals surface area contributed by atoms with Crippen LogP contribution in [0.25, 0.3) is 0 Å². The second-order valence-corrected chi connectivity index (χ2v) is 7.73. The van der Waals surface area contributed by atoms with E-state index in [0.717, 1.165) is 28.7 Å². The molecule has 5 amide bonds. The third-order valence-corrected chi connectivity index (χ3v) is 5.18. The number of rotatable bonds is 6. The van der Waals surface area contributed by atoms with Gasteiger partial charge in [0.05, 0.1) is 6.54 Å². The van der Waals surface area contributed by atoms with E-state index in [9.17, 15) is 28.0 Å². The smallest absolute Gasteiger partial charge is 0.325 e. The van der Waals surface area contributed by atoms with Crippen molar-refractivity contribution in [3.63, 3.8) is 0 Å². The van der Waals surface area contributed by atoms with Crippen molar-refractivity contribution in [2.75, 3.05) is 25.5 Å². The van der Waals surface area contributed by atoms with Crippen LogP contribution in [0.15, 0.2) is 42.5 Å². The zero-order valence-corrected chi connectivity index (χ0v) is 17.7. The van der Waals surface area contributed by atoms with E-state index in [4.69, 9.17) is 0 Å². The molecule has 0 bridgehead atoms. The number of imide groups is 1. The molecule has 0 aliphatic carbocycles. The zero-order chi connectivity index (χ0) is 23.6. The van der Waals surface area contributed by atoms with E-state index in [1.165, 1.54) is 14.0 Å². The predicted molar refractivity (Wildman–Crippen MR) is 111 cm³/mol. The molecule has 1 saturated heterocycles. The molecule has 0 unspecified atom stereocenters. The van der Waals surface area contributed by atoms with Crippen LogP contribution in [0.5, 0.6) is 0 Å². The van der Waals surface area contributed by atoms with Gasteiger partial charge in [-0.3, -0.25) is 19.3 Å². The second kappa shape index (κ2) is 8.74. The Morgan fingerprint density at radius 3 is 2.44 bits per heavy atom. The highest BCUT2D eigenvalue weighted by Crippen LogP contribution is 2.31. The van der Waals surface area contributed by atoms with Crippen molar-refractivity contribution >= 4 is 29.4 Å². The van der Waals surface area contributed by atoms with Gasteiger partial charge < -0.3 is 15.5 Å². The van der Waals surface area contributed by atoms with Crippen LogP contribution in [0, 0.1) is 18.6 Å². The lowest BCUT2D eigenvalue weighted by Crippen LogP contribution is -2.45. The molecule has 1 aliphatic heterocycles. The van der Waals surface area contributed by atoms with Crippen LogP contribution in [0.1, 0.15) is 18.1 Å². The summed E-state index contributed by atoms with van der Waals surface area (Å²) in [5.41, 5.74) is -0.640. The molecule has 0 spiro atoms. The fourth-order valence-corrected chi connectivity index (χ4v) is 3.30. The molecule has 1 heterocycles. The number of anilines is 1. The van der Waals surface area contributed by atoms with Gasteiger partial charge in [0.15, 0.2) is 0 Å². The topological polar surface area (TPSA) is 98.8 Å². The largest absolute Gasteiger partial charge is 0.335 e. The molecule has 2 N–H and O–H groups in total. The Balaban J connectivity index is 1.65. The number of nitrogens with zero attached hydrogens (tertiary/aromatic N) is 2. The zero-order valence-electron chi connectivity index (χ0n) is 17.7. The summed E-state index contributed by atoms with van der Waals surface area (Å²) >= 11 is 0. The molecule has 0 aromatic heterocycles. The van der Waals surface area contributed by atoms with E-state index in [1.807, 2.05) is 19.1 Å². The SMILES string of the molecule is Cc1ccc(NC(=O)CN(C)C(=O)CN2C(=O)N[C@](C)(c3cc(F)ccc3F)C2=O)cc1. The van der Waals surface area contributed by atoms with E-state index in [2.05, 4.69) is 10.6 Å². The fraction of sp³-hybridized carbons (Fsp3) is 0.273. The van der Waals surface area contributed by atoms with Crippen molar-refractivity contribution in [1.29, 1.82) is 0 Å². The van der Waals surface area contributed by atoms with Gasteiger partial charge in [-0.1, -0.05) is 17.7 Å². The number of halogens is 2. The fourth-order valence-electron chi connectivity index (χ4n) is 3.30. The molecule has 0 radical (unpaired) electrons. The molecule has 32 heavy (non-hydrogen) atoms. The Morgan fingerprint density at radius 2 is 1.78 bits per heavy atom. The molecule has 8 nitrogen and oxygen atoms in total. The average Bonchev–Trinajstić information content (AvgIpc) is 2.95. The number of carbonyl (C=O) groups excluding carboxylic acids is 4. The van der Waals surface area contributed by atoms with E-state index < -0.39 is 47.5 Å². The summed E-state index contributed by atoms with van der Waals surface area (Å²) < 4.78 is 27.8. The highest BCUT2D eigenvalue weighted by atomic mass is 19.1. The van der Waals surface area contributed by atoms with Crippen molar-refractivity contribution in [2.45, 2.75) is 19.4 Å². The van der Waals surface area contributed by atoms with Crippen LogP contribution in [-0.2, 0) is 19.9 Å². The number of benzene rings is 2. The number of hydrogen-bond donors (Lipinski definition) is 2. The minimum atomic E-state index is -1.87. The third-order valence-electron chi connectivity index (χ3n) is 5.18. The lowest BCUT2D eigenvalue weighted by atomic mass is 9.91. The first-order chi connectivity index (χ1) is 15.0. The standard InChI is InChI=1S/C22H22F2N4O4/c1-13-4-7-15(8-5-13)25-18(29)11-27(3)19(30)12-28-20(31)22(2,26-21(28)32)16-10-14(23)6-9-17(16)24/h4-10H,11-12H2,1-3H3,(H,25,29)(H,26,32)/t22-/m1/s1. The second-order valence-electron chi connectivity index (χ2n) is 7.73. The first-order valence-electron chi connectivity index (χ1n) is 9.71. The van der Waals surface area contributed by atoms with Crippen molar-refractivity contribution in [3.05, 3.63) is 65.2 Å². The van der Waals surface area contributed by atoms with Crippen LogP contribution in [0.2, 0.25) is 0 Å². The average molecular weight is 444 g/mol. The Labute approximate surface area is 183 Å². The van der Waals surface area contributed by atoms with Gasteiger partial charge in [-0.25, -0.2) is 13.6 Å². The molecule has 1 atom stereocenters. The van der Waals surface area contributed by atoms with E-state index >= 15 is 0 Å². The summed E-state index contributed by atoms with van der Waals surface area (Å²) in [5.74, 6) is -3.71. The molecule has 168 valence electrons. The maximum atomic E-state index is 14.2. The third kappa shape index (κ3) is 4.58. The number of carbonyl (C=O) groups is 4. The summed E-state index contributed by atoms with van der Waals surface area (Å²) in [6.07, 6.45) is 0. The number of nitrogens with one attached hydrogen (secondary N) is 2. The number of hydrogen-bond acceptors (Lipinski definition) is 4. The molecule has 2 aromatic rings. The molecule has 3 rings (SSSR count). The van der Waals surface area contributed by atoms with E-state index in [0.29, 0.717) is 10.6 Å². The quantitative estimate of drug-likeness (QED) is 0.667. The minimum absolute atomic E-state index is 0.313. The van der Waals surface area contributed by atoms with Crippen molar-refractivity contribution in [2.24, 2.45) is 0 Å². The number of aryl methyl sites for hydroxylation is 1. The van der Waals surface area contributed by atoms with Gasteiger partial charge in [-0.15, -0.1) is 0 Å². The normalized spacial score (nSPS) is 17.8. The molecule has 1 aliphatic rings. The summed E-state index contributed by atoms with van der Waals surface area (Å²) in [5, 5.41) is 4.96. The molecule has 0 saturated carbocycles. The lowest BCUT2D eigenvalue weighted by Gasteiger charge is -2.23. The Kier molecular flexibility index (Phi) is 6.24. The van der Waals surface area contributed by atoms with E-state index in [-0.39, 0.29) is 12.1 Å². The molecular formula is C22H22F2N4O4. The van der Waals surface area contributed by atoms with Gasteiger partial charge in [0.2, 0.25) is 11.8 Å². The van der Waals surface area contributed by atoms with Crippen molar-refractivity contribution < 1.29 is 28.0 Å². The number of amides is 5. The monoisotopic (exact) mass is 444 g/mol. The first-order valence-corrected chi connectivity index (χ1v) is 9.71. The molecule has 2 aromatic carbocycles. The maximum absolute atomic E-state index is 14.2. The van der Waals surface area contributed by atoms with Crippen molar-refractivity contribution in [1.82, 2.24) is 15.1 Å². The highest BCUT2D eigenvalue weighted by Gasteiger charge is 2.51. The Hall–Kier alpha value is -3.82. The van der Waals surface area contributed by atoms with Crippen LogP contribution < -0.4 is 10.6 Å². The molecular weight excluding hydrogens is 422 g/mol. The molecule has 1 fully saturated rings. The lowest BCUT2D eigenvalue weighted by molar-refractivity contribution is -0.139. The summed E-state index contributed by atoms with van der Waals surface area (Å²) in [6.45, 7) is 2.16. The van der Waals surface area contributed by atoms with Gasteiger partial charge in [0, 0.05) is 18.3 Å². The number of likely N-dealkylation sites (N-methyl/N-ethyl adjacent to an activating group) is 1.